The number of carbonyl (C=O) groups excluding carboxylic acids is 7. The molecule has 147 heavy (non-hydrogen) atoms. The van der Waals surface area contributed by atoms with Gasteiger partial charge < -0.3 is 112 Å². The van der Waals surface area contributed by atoms with Crippen molar-refractivity contribution < 1.29 is 169 Å². The highest BCUT2D eigenvalue weighted by molar-refractivity contribution is 7.53. The predicted octanol–water partition coefficient (Wildman–Crippen LogP) is 10.6. The van der Waals surface area contributed by atoms with E-state index in [9.17, 15) is 72.2 Å². The standard InChI is InChI=1S/C25H33FN5O9P.2C23H31FN3O7P.C22H29FN3O9P/c1-6-36-22-18-21(28-16(5)29-22)31(13-27-18)23-19(32)20(33)25(26,39-23)12-37-41(35,40-17-10-8-7-9-11-17)30-15(4)24(34)38-14(2)3;2*1-15(2)32-21(29)16(3)26-35(30,34-18-9-7-6-8-10-18)31-14-19-13-23(5,24)22(33-19)27-12-11-20(28)25-17(27)4;1-13(2)33-21(30)14(3)25-36(31,35-16-8-6-5-7-9-16)32-12-22(23)19(29)18(28)20(34-22)26-11-10-17(27)24-15(26)4/h7-11,13-15,19-20,23,32-33H,6,12H2,1-5H3,(H,30,35);2*6-12,15-16,19,22H,4,13-14H2,1-3,5H3,(H,25,28)(H,26,30);5-11,13-14,18-20,28-29H,4,12H2,1-3H3,(H,24,27)(H,25,31)/t15-,19-,20+,23-,25-,41?;16-,19+,22-,23-,35+;16-,19+,22-,23-,35-;14-,18-,19+,20-,22-,36?/m1111/s1. The van der Waals surface area contributed by atoms with E-state index in [0.29, 0.717) is 12.4 Å². The third-order valence-electron chi connectivity index (χ3n) is 21.2. The number of aliphatic hydroxyl groups is 4. The highest BCUT2D eigenvalue weighted by atomic mass is 31.2. The van der Waals surface area contributed by atoms with E-state index in [4.69, 9.17) is 78.8 Å². The second-order valence-electron chi connectivity index (χ2n) is 35.5. The summed E-state index contributed by atoms with van der Waals surface area (Å²) in [5.41, 5.74) is -3.27. The third-order valence-corrected chi connectivity index (χ3v) is 27.8. The summed E-state index contributed by atoms with van der Waals surface area (Å²) in [5.74, 6) is -8.64. The molecule has 22 atom stereocenters. The number of rotatable bonds is 42. The number of fused-ring (bicyclic) bond motifs is 1. The van der Waals surface area contributed by atoms with Gasteiger partial charge in [-0.15, -0.1) is 0 Å². The van der Waals surface area contributed by atoms with Gasteiger partial charge in [0.05, 0.1) is 62.8 Å². The molecule has 3 amide bonds. The number of hydrogen-bond acceptors (Lipinski definition) is 38. The highest BCUT2D eigenvalue weighted by Gasteiger charge is 2.61. The number of imidazole rings is 1. The molecule has 7 aliphatic rings. The first-order valence-corrected chi connectivity index (χ1v) is 52.4. The van der Waals surface area contributed by atoms with Crippen LogP contribution < -0.4 is 59.1 Å². The van der Waals surface area contributed by atoms with Crippen molar-refractivity contribution in [1.82, 2.24) is 70.5 Å². The zero-order valence-corrected chi connectivity index (χ0v) is 86.8. The van der Waals surface area contributed by atoms with Crippen molar-refractivity contribution in [2.45, 2.75) is 257 Å². The molecule has 2 unspecified atom stereocenters. The number of benzene rings is 4. The normalized spacial score (nSPS) is 26.7. The second-order valence-corrected chi connectivity index (χ2v) is 42.3. The van der Waals surface area contributed by atoms with Crippen LogP contribution in [-0.4, -0.2) is 256 Å². The molecule has 4 aromatic carbocycles. The van der Waals surface area contributed by atoms with Crippen molar-refractivity contribution in [3.63, 3.8) is 0 Å². The molecule has 4 fully saturated rings. The molecule has 0 radical (unpaired) electrons. The molecule has 4 saturated heterocycles. The molecule has 806 valence electrons. The minimum Gasteiger partial charge on any atom is -0.476 e. The number of alkyl halides is 4. The molecule has 54 heteroatoms. The van der Waals surface area contributed by atoms with Crippen LogP contribution in [0.4, 0.5) is 17.6 Å². The molecular formula is C93H124F4N14O32P4. The average molecular weight is 2150 g/mol. The molecule has 0 saturated carbocycles. The van der Waals surface area contributed by atoms with Gasteiger partial charge in [0.1, 0.15) is 108 Å². The summed E-state index contributed by atoms with van der Waals surface area (Å²) in [7, 11) is -17.2. The lowest BCUT2D eigenvalue weighted by molar-refractivity contribution is -0.206. The third kappa shape index (κ3) is 32.5. The molecule has 7 aliphatic heterocycles. The van der Waals surface area contributed by atoms with Gasteiger partial charge in [-0.05, 0) is 159 Å². The average Bonchev–Trinajstić information content (AvgIpc) is 1.61. The molecule has 2 aromatic heterocycles. The molecular weight excluding hydrogens is 2020 g/mol. The van der Waals surface area contributed by atoms with Gasteiger partial charge in [-0.25, -0.2) is 45.8 Å². The fourth-order valence-electron chi connectivity index (χ4n) is 14.5. The van der Waals surface area contributed by atoms with Crippen LogP contribution >= 0.6 is 31.0 Å². The summed E-state index contributed by atoms with van der Waals surface area (Å²) in [6.07, 6.45) is -7.73. The maximum Gasteiger partial charge on any atom is 0.459 e. The number of amides is 3. The Labute approximate surface area is 845 Å². The fraction of sp³-hybridized carbons (Fsp3) is 0.484. The Bertz CT molecular complexity index is 5730. The van der Waals surface area contributed by atoms with Gasteiger partial charge in [0.25, 0.3) is 29.4 Å². The molecule has 46 nitrogen and oxygen atoms in total. The van der Waals surface area contributed by atoms with Gasteiger partial charge in [0.2, 0.25) is 5.88 Å². The Morgan fingerprint density at radius 3 is 1.07 bits per heavy atom. The number of hydrogen-bond donors (Lipinski definition) is 11. The van der Waals surface area contributed by atoms with E-state index in [1.165, 1.54) is 117 Å². The Balaban J connectivity index is 0.000000201. The van der Waals surface area contributed by atoms with Crippen molar-refractivity contribution in [2.24, 2.45) is 0 Å². The number of esters is 4. The van der Waals surface area contributed by atoms with Crippen molar-refractivity contribution in [3.8, 4) is 28.9 Å². The van der Waals surface area contributed by atoms with Gasteiger partial charge >= 0.3 is 54.9 Å². The quantitative estimate of drug-likeness (QED) is 0.00734. The summed E-state index contributed by atoms with van der Waals surface area (Å²) in [6.45, 7) is 33.5. The number of nitrogens with zero attached hydrogens (tertiary/aromatic N) is 7. The predicted molar refractivity (Wildman–Crippen MR) is 516 cm³/mol. The maximum absolute atomic E-state index is 16.1. The topological polar surface area (TPSA) is 563 Å². The van der Waals surface area contributed by atoms with E-state index in [1.807, 2.05) is 0 Å². The molecule has 6 aromatic rings. The van der Waals surface area contributed by atoms with E-state index < -0.39 is 195 Å². The van der Waals surface area contributed by atoms with E-state index in [1.54, 1.807) is 166 Å². The second kappa shape index (κ2) is 50.7. The number of aromatic nitrogens is 4. The van der Waals surface area contributed by atoms with Gasteiger partial charge in [-0.1, -0.05) is 92.5 Å². The number of nitrogens with one attached hydrogen (secondary N) is 7. The van der Waals surface area contributed by atoms with Crippen LogP contribution in [0, 0.1) is 6.92 Å². The first-order valence-electron chi connectivity index (χ1n) is 46.2. The highest BCUT2D eigenvalue weighted by Crippen LogP contribution is 2.53. The number of halogens is 4. The smallest absolute Gasteiger partial charge is 0.459 e. The number of carbonyl (C=O) groups is 7. The Hall–Kier alpha value is -11.4. The Morgan fingerprint density at radius 2 is 0.769 bits per heavy atom. The van der Waals surface area contributed by atoms with Gasteiger partial charge in [-0.3, -0.25) is 56.2 Å². The minimum atomic E-state index is -4.50. The van der Waals surface area contributed by atoms with Crippen molar-refractivity contribution >= 4 is 83.7 Å². The summed E-state index contributed by atoms with van der Waals surface area (Å²) in [5, 5.41) is 59.6. The van der Waals surface area contributed by atoms with Gasteiger partial charge in [-0.2, -0.15) is 25.3 Å². The largest absolute Gasteiger partial charge is 0.476 e. The first-order chi connectivity index (χ1) is 69.0. The minimum absolute atomic E-state index is 0.0267. The van der Waals surface area contributed by atoms with Crippen molar-refractivity contribution in [3.05, 3.63) is 208 Å². The molecule has 0 aliphatic carbocycles. The van der Waals surface area contributed by atoms with Crippen molar-refractivity contribution in [1.29, 1.82) is 0 Å². The summed E-state index contributed by atoms with van der Waals surface area (Å²) < 4.78 is 211. The van der Waals surface area contributed by atoms with Crippen LogP contribution in [0.25, 0.3) is 11.2 Å². The molecule has 11 N–H and O–H groups in total. The fourth-order valence-corrected chi connectivity index (χ4v) is 20.6. The lowest BCUT2D eigenvalue weighted by Gasteiger charge is -2.35. The summed E-state index contributed by atoms with van der Waals surface area (Å²) >= 11 is 0. The van der Waals surface area contributed by atoms with Crippen LogP contribution in [0.2, 0.25) is 0 Å². The number of para-hydroxylation sites is 4. The molecule has 9 heterocycles. The van der Waals surface area contributed by atoms with Gasteiger partial charge in [0, 0.05) is 49.7 Å². The number of aryl methyl sites for hydroxylation is 1. The summed E-state index contributed by atoms with van der Waals surface area (Å²) in [6, 6.07) is 27.8. The SMILES string of the molecule is C=C1NC(=O)C=CN1[C@@H]1O[C@H](CO[P@@](=O)(N[C@H](C)C(=O)OC(C)C)Oc2ccccc2)C[C@@]1(C)F.C=C1NC(=O)C=CN1[C@@H]1O[C@H](CO[P@](=O)(N[C@H](C)C(=O)OC(C)C)Oc2ccccc2)C[C@@]1(C)F.C=C1NC(=O)C=CN1[C@@H]1O[C@](F)(COP(=O)(N[C@H](C)C(=O)OC(C)C)Oc2ccccc2)[C@@H](O)[C@H]1O.CCOc1nc(C)nc2c1ncn2[C@@H]1O[C@](F)(COP(=O)(N[C@H](C)C(=O)OC(C)C)Oc2ccccc2)[C@@H](O)[C@H]1O. The number of ether oxygens (including phenoxy) is 9. The zero-order valence-electron chi connectivity index (χ0n) is 83.2. The lowest BCUT2D eigenvalue weighted by atomic mass is 10.0. The Morgan fingerprint density at radius 1 is 0.469 bits per heavy atom. The maximum atomic E-state index is 16.1. The van der Waals surface area contributed by atoms with Crippen LogP contribution in [-0.2, 0) is 108 Å². The number of aliphatic hydroxyl groups excluding tert-OH is 4. The molecule has 0 spiro atoms. The van der Waals surface area contributed by atoms with Crippen molar-refractivity contribution in [2.75, 3.05) is 33.0 Å². The van der Waals surface area contributed by atoms with Crippen LogP contribution in [0.1, 0.15) is 129 Å². The van der Waals surface area contributed by atoms with E-state index in [-0.39, 0.29) is 108 Å². The van der Waals surface area contributed by atoms with E-state index >= 15 is 17.6 Å². The molecule has 0 bridgehead atoms. The zero-order chi connectivity index (χ0) is 108. The van der Waals surface area contributed by atoms with E-state index in [0.717, 1.165) is 11.0 Å². The molecule has 13 rings (SSSR count). The summed E-state index contributed by atoms with van der Waals surface area (Å²) in [4.78, 5) is 100. The first kappa shape index (κ1) is 117. The van der Waals surface area contributed by atoms with E-state index in [2.05, 4.69) is 71.0 Å². The lowest BCUT2D eigenvalue weighted by Crippen LogP contribution is -2.48. The van der Waals surface area contributed by atoms with Crippen LogP contribution in [0.5, 0.6) is 28.9 Å². The van der Waals surface area contributed by atoms with Gasteiger partial charge in [0.15, 0.2) is 47.4 Å². The van der Waals surface area contributed by atoms with Crippen LogP contribution in [0.15, 0.2) is 202 Å². The van der Waals surface area contributed by atoms with Crippen LogP contribution in [0.3, 0.4) is 0 Å². The Kier molecular flexibility index (Phi) is 40.5. The monoisotopic (exact) mass is 2150 g/mol.